The van der Waals surface area contributed by atoms with Crippen molar-refractivity contribution in [2.24, 2.45) is 0 Å². The summed E-state index contributed by atoms with van der Waals surface area (Å²) in [7, 11) is 0. The molecule has 0 saturated carbocycles. The monoisotopic (exact) mass is 333 g/mol. The maximum absolute atomic E-state index is 2.99. The van der Waals surface area contributed by atoms with E-state index in [9.17, 15) is 0 Å². The number of rotatable bonds is 0. The molecule has 1 radical (unpaired) electrons. The zero-order chi connectivity index (χ0) is 11.3. The number of halogens is 1. The molecule has 0 heterocycles. The molecule has 0 saturated heterocycles. The molecule has 0 nitrogen and oxygen atoms in total. The molecule has 2 aliphatic rings. The summed E-state index contributed by atoms with van der Waals surface area (Å²) in [6, 6.07) is 12.5. The van der Waals surface area contributed by atoms with Gasteiger partial charge in [0.2, 0.25) is 0 Å². The van der Waals surface area contributed by atoms with Gasteiger partial charge in [0.25, 0.3) is 0 Å². The number of hydrogen-bond donors (Lipinski definition) is 0. The van der Waals surface area contributed by atoms with Crippen molar-refractivity contribution in [3.8, 4) is 0 Å². The van der Waals surface area contributed by atoms with Crippen LogP contribution in [0.5, 0.6) is 0 Å². The van der Waals surface area contributed by atoms with E-state index < -0.39 is 0 Å². The Hall–Kier alpha value is -0.647. The Bertz CT molecular complexity index is 295. The fourth-order valence-electron chi connectivity index (χ4n) is 1.02. The van der Waals surface area contributed by atoms with Crippen molar-refractivity contribution in [2.75, 3.05) is 0 Å². The predicted molar refractivity (Wildman–Crippen MR) is 75.7 cm³/mol. The molecule has 0 bridgehead atoms. The van der Waals surface area contributed by atoms with Gasteiger partial charge in [-0.15, -0.1) is 25.2 Å². The molecule has 91 valence electrons. The quantitative estimate of drug-likeness (QED) is 0.612. The third-order valence-electron chi connectivity index (χ3n) is 1.78. The van der Waals surface area contributed by atoms with E-state index >= 15 is 0 Å². The van der Waals surface area contributed by atoms with Crippen LogP contribution in [0.1, 0.15) is 12.8 Å². The Labute approximate surface area is 136 Å². The first kappa shape index (κ1) is 19.7. The van der Waals surface area contributed by atoms with Crippen LogP contribution >= 0.6 is 12.4 Å². The third kappa shape index (κ3) is 13.4. The fourth-order valence-corrected chi connectivity index (χ4v) is 1.02. The van der Waals surface area contributed by atoms with Crippen molar-refractivity contribution in [3.05, 3.63) is 85.0 Å². The number of allylic oxidation sites excluding steroid dienone is 8. The molecule has 0 amide bonds. The van der Waals surface area contributed by atoms with Crippen LogP contribution in [0.4, 0.5) is 0 Å². The average Bonchev–Trinajstić information content (AvgIpc) is 3.10. The van der Waals surface area contributed by atoms with Gasteiger partial charge < -0.3 is 0 Å². The smallest absolute Gasteiger partial charge is 0.273 e. The maximum atomic E-state index is 2.99. The minimum Gasteiger partial charge on any atom is -0.273 e. The normalized spacial score (nSPS) is 12.4. The van der Waals surface area contributed by atoms with Crippen LogP contribution in [-0.2, 0) is 26.2 Å². The van der Waals surface area contributed by atoms with Crippen LogP contribution in [0.25, 0.3) is 0 Å². The van der Waals surface area contributed by atoms with Crippen molar-refractivity contribution < 1.29 is 26.2 Å². The van der Waals surface area contributed by atoms with Gasteiger partial charge in [0.1, 0.15) is 0 Å². The van der Waals surface area contributed by atoms with Gasteiger partial charge in [0.05, 0.1) is 0 Å². The molecule has 0 spiro atoms. The predicted octanol–water partition coefficient (Wildman–Crippen LogP) is 4.52. The molecule has 0 fully saturated rings. The molecular weight excluding hydrogens is 319 g/mol. The van der Waals surface area contributed by atoms with Crippen LogP contribution in [0.15, 0.2) is 66.8 Å². The first-order valence-electron chi connectivity index (χ1n) is 5.34. The number of hydrogen-bond acceptors (Lipinski definition) is 0. The Morgan fingerprint density at radius 2 is 1.22 bits per heavy atom. The van der Waals surface area contributed by atoms with Gasteiger partial charge in [-0.2, -0.15) is 48.6 Å². The van der Waals surface area contributed by atoms with Gasteiger partial charge in [0.15, 0.2) is 0 Å². The van der Waals surface area contributed by atoms with E-state index in [1.54, 1.807) is 0 Å². The Morgan fingerprint density at radius 3 is 1.33 bits per heavy atom. The zero-order valence-electron chi connectivity index (χ0n) is 10.2. The summed E-state index contributed by atoms with van der Waals surface area (Å²) in [6.45, 7) is 0. The minimum absolute atomic E-state index is 0. The topological polar surface area (TPSA) is 0 Å². The van der Waals surface area contributed by atoms with Gasteiger partial charge in [-0.25, -0.2) is 24.3 Å². The van der Waals surface area contributed by atoms with Crippen LogP contribution in [0, 0.1) is 18.2 Å². The van der Waals surface area contributed by atoms with Crippen molar-refractivity contribution in [2.45, 2.75) is 12.8 Å². The SMILES string of the molecule is Cl.[C-]1=CC=CC1.[C-]1=CC=CC1.[Zr+3].[c-]1ccccc1. The molecule has 0 aromatic heterocycles. The van der Waals surface area contributed by atoms with Crippen molar-refractivity contribution in [3.63, 3.8) is 0 Å². The molecule has 1 aromatic rings. The molecule has 0 unspecified atom stereocenters. The summed E-state index contributed by atoms with van der Waals surface area (Å²) >= 11 is 0. The summed E-state index contributed by atoms with van der Waals surface area (Å²) in [5, 5.41) is 0. The number of benzene rings is 1. The van der Waals surface area contributed by atoms with Crippen LogP contribution in [0.3, 0.4) is 0 Å². The van der Waals surface area contributed by atoms with Crippen LogP contribution in [0.2, 0.25) is 0 Å². The van der Waals surface area contributed by atoms with Gasteiger partial charge in [-0.1, -0.05) is 0 Å². The maximum Gasteiger partial charge on any atom is 3.00 e. The minimum atomic E-state index is 0. The van der Waals surface area contributed by atoms with E-state index in [4.69, 9.17) is 0 Å². The Balaban J connectivity index is 0. The van der Waals surface area contributed by atoms with Gasteiger partial charge in [0, 0.05) is 0 Å². The van der Waals surface area contributed by atoms with E-state index in [2.05, 4.69) is 30.4 Å². The van der Waals surface area contributed by atoms with Gasteiger partial charge >= 0.3 is 26.2 Å². The average molecular weight is 335 g/mol. The molecule has 3 rings (SSSR count). The summed E-state index contributed by atoms with van der Waals surface area (Å²) < 4.78 is 0. The molecule has 1 aromatic carbocycles. The first-order chi connectivity index (χ1) is 8.00. The summed E-state index contributed by atoms with van der Waals surface area (Å²) in [6.07, 6.45) is 20.0. The van der Waals surface area contributed by atoms with Crippen LogP contribution in [-0.4, -0.2) is 0 Å². The Morgan fingerprint density at radius 1 is 0.722 bits per heavy atom. The second kappa shape index (κ2) is 16.4. The molecule has 0 atom stereocenters. The molecule has 0 N–H and O–H groups in total. The largest absolute Gasteiger partial charge is 3.00 e. The fraction of sp³-hybridized carbons (Fsp3) is 0.125. The van der Waals surface area contributed by atoms with E-state index in [0.29, 0.717) is 0 Å². The van der Waals surface area contributed by atoms with Crippen molar-refractivity contribution >= 4 is 12.4 Å². The summed E-state index contributed by atoms with van der Waals surface area (Å²) in [5.41, 5.74) is 0. The third-order valence-corrected chi connectivity index (χ3v) is 1.78. The van der Waals surface area contributed by atoms with Gasteiger partial charge in [-0.05, 0) is 0 Å². The van der Waals surface area contributed by atoms with E-state index in [0.717, 1.165) is 12.8 Å². The summed E-state index contributed by atoms with van der Waals surface area (Å²) in [4.78, 5) is 0. The zero-order valence-corrected chi connectivity index (χ0v) is 13.4. The molecule has 2 heteroatoms. The second-order valence-corrected chi connectivity index (χ2v) is 3.08. The molecular formula is C16H16ClZr. The molecule has 0 aliphatic heterocycles. The van der Waals surface area contributed by atoms with E-state index in [1.807, 2.05) is 54.6 Å². The van der Waals surface area contributed by atoms with Crippen LogP contribution < -0.4 is 0 Å². The standard InChI is InChI=1S/C6H5.2C5H5.ClH.Zr/c1-2-4-6-5-3-1;2*1-2-4-5-3-1;;/h1-5H;2*1-3H,4H2;1H;/q3*-1;;+3. The van der Waals surface area contributed by atoms with Gasteiger partial charge in [-0.3, -0.25) is 12.2 Å². The molecule has 18 heavy (non-hydrogen) atoms. The van der Waals surface area contributed by atoms with E-state index in [-0.39, 0.29) is 38.6 Å². The second-order valence-electron chi connectivity index (χ2n) is 3.08. The van der Waals surface area contributed by atoms with Crippen molar-refractivity contribution in [1.82, 2.24) is 0 Å². The van der Waals surface area contributed by atoms with E-state index in [1.165, 1.54) is 0 Å². The molecule has 2 aliphatic carbocycles. The van der Waals surface area contributed by atoms with Crippen molar-refractivity contribution in [1.29, 1.82) is 0 Å². The Kier molecular flexibility index (Phi) is 17.9. The first-order valence-corrected chi connectivity index (χ1v) is 5.34. The summed E-state index contributed by atoms with van der Waals surface area (Å²) in [5.74, 6) is 0.